The van der Waals surface area contributed by atoms with Gasteiger partial charge in [-0.1, -0.05) is 0 Å². The molecule has 0 radical (unpaired) electrons. The first-order valence-electron chi connectivity index (χ1n) is 6.33. The summed E-state index contributed by atoms with van der Waals surface area (Å²) in [4.78, 5) is 6.51. The Bertz CT molecular complexity index is 599. The van der Waals surface area contributed by atoms with Crippen LogP contribution in [0.15, 0.2) is 16.7 Å². The second kappa shape index (κ2) is 5.07. The molecule has 0 aromatic carbocycles. The highest BCUT2D eigenvalue weighted by Gasteiger charge is 2.19. The molecule has 0 bridgehead atoms. The van der Waals surface area contributed by atoms with E-state index < -0.39 is 0 Å². The Labute approximate surface area is 119 Å². The van der Waals surface area contributed by atoms with E-state index in [-0.39, 0.29) is 6.10 Å². The Kier molecular flexibility index (Phi) is 3.42. The largest absolute Gasteiger partial charge is 0.392 e. The van der Waals surface area contributed by atoms with Crippen molar-refractivity contribution in [3.05, 3.63) is 22.6 Å². The van der Waals surface area contributed by atoms with Gasteiger partial charge in [-0.2, -0.15) is 5.10 Å². The number of rotatable bonds is 2. The molecule has 1 unspecified atom stereocenters. The van der Waals surface area contributed by atoms with Gasteiger partial charge in [0.25, 0.3) is 0 Å². The summed E-state index contributed by atoms with van der Waals surface area (Å²) in [5.74, 6) is 1.15. The molecule has 19 heavy (non-hydrogen) atoms. The van der Waals surface area contributed by atoms with Crippen molar-refractivity contribution in [1.82, 2.24) is 19.5 Å². The number of aliphatic hydroxyl groups excluding tert-OH is 1. The van der Waals surface area contributed by atoms with E-state index in [1.807, 2.05) is 12.3 Å². The molecule has 2 aromatic heterocycles. The highest BCUT2D eigenvalue weighted by molar-refractivity contribution is 9.10. The maximum Gasteiger partial charge on any atom is 0.165 e. The van der Waals surface area contributed by atoms with Crippen molar-refractivity contribution < 1.29 is 5.11 Å². The van der Waals surface area contributed by atoms with Gasteiger partial charge < -0.3 is 10.8 Å². The zero-order valence-electron chi connectivity index (χ0n) is 10.5. The molecule has 3 rings (SSSR count). The number of nitrogens with zero attached hydrogens (tertiary/aromatic N) is 4. The summed E-state index contributed by atoms with van der Waals surface area (Å²) in [6.07, 6.45) is 3.50. The van der Waals surface area contributed by atoms with Crippen LogP contribution in [0.2, 0.25) is 0 Å². The Morgan fingerprint density at radius 2 is 2.37 bits per heavy atom. The monoisotopic (exact) mass is 325 g/mol. The Hall–Kier alpha value is -1.18. The van der Waals surface area contributed by atoms with Crippen LogP contribution in [0.4, 0.5) is 5.82 Å². The SMILES string of the molecule is Nc1nc(CN2CCCC(O)C2)nn2ccc(Br)c12. The number of aromatic nitrogens is 3. The standard InChI is InChI=1S/C12H16BrN5O/c13-9-3-5-18-11(9)12(14)15-10(16-18)7-17-4-1-2-8(19)6-17/h3,5,8,19H,1-2,4,6-7H2,(H2,14,15,16). The Balaban J connectivity index is 1.85. The first kappa shape index (κ1) is 12.8. The van der Waals surface area contributed by atoms with E-state index in [1.54, 1.807) is 4.52 Å². The minimum atomic E-state index is -0.240. The van der Waals surface area contributed by atoms with Gasteiger partial charge in [0.05, 0.1) is 12.6 Å². The molecule has 1 aliphatic rings. The fourth-order valence-corrected chi connectivity index (χ4v) is 3.01. The third-order valence-corrected chi connectivity index (χ3v) is 4.02. The molecule has 0 saturated carbocycles. The molecule has 1 fully saturated rings. The van der Waals surface area contributed by atoms with Gasteiger partial charge in [0.15, 0.2) is 11.6 Å². The minimum Gasteiger partial charge on any atom is -0.392 e. The molecule has 2 aromatic rings. The highest BCUT2D eigenvalue weighted by atomic mass is 79.9. The second-order valence-electron chi connectivity index (χ2n) is 4.90. The van der Waals surface area contributed by atoms with Crippen LogP contribution >= 0.6 is 15.9 Å². The van der Waals surface area contributed by atoms with Crippen molar-refractivity contribution in [2.75, 3.05) is 18.8 Å². The molecular weight excluding hydrogens is 310 g/mol. The predicted molar refractivity (Wildman–Crippen MR) is 75.6 cm³/mol. The van der Waals surface area contributed by atoms with Crippen LogP contribution in [-0.4, -0.2) is 43.8 Å². The smallest absolute Gasteiger partial charge is 0.165 e. The third kappa shape index (κ3) is 2.58. The van der Waals surface area contributed by atoms with Crippen LogP contribution in [0.5, 0.6) is 0 Å². The summed E-state index contributed by atoms with van der Waals surface area (Å²) >= 11 is 3.42. The summed E-state index contributed by atoms with van der Waals surface area (Å²) in [7, 11) is 0. The van der Waals surface area contributed by atoms with Gasteiger partial charge in [-0.15, -0.1) is 0 Å². The van der Waals surface area contributed by atoms with Crippen molar-refractivity contribution in [2.24, 2.45) is 0 Å². The van der Waals surface area contributed by atoms with Crippen molar-refractivity contribution >= 4 is 27.3 Å². The number of hydrogen-bond donors (Lipinski definition) is 2. The van der Waals surface area contributed by atoms with Gasteiger partial charge >= 0.3 is 0 Å². The maximum atomic E-state index is 9.67. The molecule has 6 nitrogen and oxygen atoms in total. The molecule has 3 heterocycles. The van der Waals surface area contributed by atoms with E-state index in [4.69, 9.17) is 5.73 Å². The number of aliphatic hydroxyl groups is 1. The molecule has 3 N–H and O–H groups in total. The molecule has 1 saturated heterocycles. The maximum absolute atomic E-state index is 9.67. The lowest BCUT2D eigenvalue weighted by atomic mass is 10.1. The van der Waals surface area contributed by atoms with Crippen LogP contribution in [0.1, 0.15) is 18.7 Å². The molecule has 0 aliphatic carbocycles. The van der Waals surface area contributed by atoms with Crippen LogP contribution in [-0.2, 0) is 6.54 Å². The summed E-state index contributed by atoms with van der Waals surface area (Å²) in [6, 6.07) is 1.90. The number of halogens is 1. The van der Waals surface area contributed by atoms with Crippen LogP contribution in [0.25, 0.3) is 5.52 Å². The number of fused-ring (bicyclic) bond motifs is 1. The second-order valence-corrected chi connectivity index (χ2v) is 5.76. The van der Waals surface area contributed by atoms with E-state index in [0.29, 0.717) is 24.7 Å². The molecule has 0 spiro atoms. The van der Waals surface area contributed by atoms with Gasteiger partial charge in [-0.05, 0) is 41.4 Å². The molecule has 7 heteroatoms. The zero-order valence-corrected chi connectivity index (χ0v) is 12.0. The molecule has 102 valence electrons. The van der Waals surface area contributed by atoms with Crippen molar-refractivity contribution in [3.8, 4) is 0 Å². The summed E-state index contributed by atoms with van der Waals surface area (Å²) in [6.45, 7) is 2.26. The Morgan fingerprint density at radius 3 is 3.16 bits per heavy atom. The topological polar surface area (TPSA) is 79.7 Å². The average Bonchev–Trinajstić information content (AvgIpc) is 2.71. The average molecular weight is 326 g/mol. The Morgan fingerprint density at radius 1 is 1.53 bits per heavy atom. The van der Waals surface area contributed by atoms with E-state index in [1.165, 1.54) is 0 Å². The van der Waals surface area contributed by atoms with Crippen molar-refractivity contribution in [1.29, 1.82) is 0 Å². The quantitative estimate of drug-likeness (QED) is 0.862. The summed E-state index contributed by atoms with van der Waals surface area (Å²) in [5.41, 5.74) is 6.76. The first-order valence-corrected chi connectivity index (χ1v) is 7.12. The number of piperidine rings is 1. The predicted octanol–water partition coefficient (Wildman–Crippen LogP) is 1.03. The number of nitrogens with two attached hydrogens (primary N) is 1. The lowest BCUT2D eigenvalue weighted by Gasteiger charge is -2.29. The normalized spacial score (nSPS) is 21.1. The van der Waals surface area contributed by atoms with Crippen LogP contribution in [0.3, 0.4) is 0 Å². The highest BCUT2D eigenvalue weighted by Crippen LogP contribution is 2.23. The van der Waals surface area contributed by atoms with E-state index in [2.05, 4.69) is 30.9 Å². The molecule has 1 aliphatic heterocycles. The van der Waals surface area contributed by atoms with Gasteiger partial charge in [0.1, 0.15) is 5.52 Å². The lowest BCUT2D eigenvalue weighted by molar-refractivity contribution is 0.0653. The van der Waals surface area contributed by atoms with E-state index in [0.717, 1.165) is 29.4 Å². The van der Waals surface area contributed by atoms with Gasteiger partial charge in [0, 0.05) is 17.2 Å². The molecule has 0 amide bonds. The fourth-order valence-electron chi connectivity index (χ4n) is 2.50. The van der Waals surface area contributed by atoms with Gasteiger partial charge in [0.2, 0.25) is 0 Å². The van der Waals surface area contributed by atoms with Crippen molar-refractivity contribution in [2.45, 2.75) is 25.5 Å². The first-order chi connectivity index (χ1) is 9.13. The van der Waals surface area contributed by atoms with Crippen LogP contribution < -0.4 is 5.73 Å². The molecular formula is C12H16BrN5O. The molecule has 1 atom stereocenters. The number of likely N-dealkylation sites (tertiary alicyclic amines) is 1. The lowest BCUT2D eigenvalue weighted by Crippen LogP contribution is -2.38. The third-order valence-electron chi connectivity index (χ3n) is 3.38. The zero-order chi connectivity index (χ0) is 13.4. The fraction of sp³-hybridized carbons (Fsp3) is 0.500. The number of hydrogen-bond acceptors (Lipinski definition) is 5. The van der Waals surface area contributed by atoms with E-state index >= 15 is 0 Å². The summed E-state index contributed by atoms with van der Waals surface area (Å²) in [5, 5.41) is 14.1. The number of nitrogen functional groups attached to an aromatic ring is 1. The number of β-amino-alcohol motifs (C(OH)–C–C–N with tert-alkyl or cyclic N) is 1. The van der Waals surface area contributed by atoms with Crippen molar-refractivity contribution in [3.63, 3.8) is 0 Å². The number of anilines is 1. The van der Waals surface area contributed by atoms with E-state index in [9.17, 15) is 5.11 Å². The summed E-state index contributed by atoms with van der Waals surface area (Å²) < 4.78 is 2.63. The van der Waals surface area contributed by atoms with Crippen LogP contribution in [0, 0.1) is 0 Å². The van der Waals surface area contributed by atoms with Gasteiger partial charge in [-0.25, -0.2) is 9.50 Å². The van der Waals surface area contributed by atoms with Gasteiger partial charge in [-0.3, -0.25) is 4.90 Å². The minimum absolute atomic E-state index is 0.240.